The number of benzene rings is 2. The highest BCUT2D eigenvalue weighted by molar-refractivity contribution is 9.10. The van der Waals surface area contributed by atoms with Crippen LogP contribution >= 0.6 is 39.1 Å². The van der Waals surface area contributed by atoms with Gasteiger partial charge in [0.05, 0.1) is 12.7 Å². The van der Waals surface area contributed by atoms with Gasteiger partial charge in [-0.3, -0.25) is 4.79 Å². The lowest BCUT2D eigenvalue weighted by Gasteiger charge is -2.09. The van der Waals surface area contributed by atoms with Crippen LogP contribution in [0, 0.1) is 0 Å². The number of Topliss-reactive ketones (excluding diaryl/α,β-unsaturated/α-hetero) is 1. The quantitative estimate of drug-likeness (QED) is 0.689. The Hall–Kier alpha value is -1.03. The Morgan fingerprint density at radius 1 is 1.20 bits per heavy atom. The molecule has 0 aliphatic carbocycles. The van der Waals surface area contributed by atoms with Gasteiger partial charge in [-0.25, -0.2) is 0 Å². The number of carbonyl (C=O) groups is 1. The molecule has 20 heavy (non-hydrogen) atoms. The molecule has 0 bridgehead atoms. The van der Waals surface area contributed by atoms with Gasteiger partial charge < -0.3 is 4.74 Å². The molecule has 104 valence electrons. The molecule has 0 radical (unpaired) electrons. The van der Waals surface area contributed by atoms with Crippen LogP contribution in [0.25, 0.3) is 0 Å². The molecule has 0 heterocycles. The summed E-state index contributed by atoms with van der Waals surface area (Å²) in [5.41, 5.74) is 1.22. The van der Waals surface area contributed by atoms with E-state index >= 15 is 0 Å². The molecule has 0 N–H and O–H groups in total. The highest BCUT2D eigenvalue weighted by Gasteiger charge is 2.15. The number of rotatable bonds is 4. The first kappa shape index (κ1) is 15.4. The van der Waals surface area contributed by atoms with E-state index in [0.717, 1.165) is 4.47 Å². The zero-order valence-corrected chi connectivity index (χ0v) is 13.7. The van der Waals surface area contributed by atoms with E-state index in [-0.39, 0.29) is 12.2 Å². The SMILES string of the molecule is COc1cc(Br)ccc1C(=O)Cc1cc(Cl)ccc1Cl. The van der Waals surface area contributed by atoms with Crippen molar-refractivity contribution in [2.24, 2.45) is 0 Å². The Balaban J connectivity index is 2.30. The standard InChI is InChI=1S/C15H11BrCl2O2/c1-20-15-8-10(16)2-4-12(15)14(19)7-9-6-11(17)3-5-13(9)18/h2-6,8H,7H2,1H3. The molecule has 0 fully saturated rings. The fourth-order valence-electron chi connectivity index (χ4n) is 1.84. The average Bonchev–Trinajstić information content (AvgIpc) is 2.42. The summed E-state index contributed by atoms with van der Waals surface area (Å²) in [6.45, 7) is 0. The van der Waals surface area contributed by atoms with E-state index in [1.807, 2.05) is 0 Å². The van der Waals surface area contributed by atoms with Crippen molar-refractivity contribution in [1.29, 1.82) is 0 Å². The van der Waals surface area contributed by atoms with Crippen molar-refractivity contribution in [3.63, 3.8) is 0 Å². The summed E-state index contributed by atoms with van der Waals surface area (Å²) in [6, 6.07) is 10.4. The molecule has 0 aromatic heterocycles. The zero-order chi connectivity index (χ0) is 14.7. The normalized spacial score (nSPS) is 10.4. The molecule has 0 aliphatic rings. The van der Waals surface area contributed by atoms with Crippen molar-refractivity contribution >= 4 is 44.9 Å². The Labute approximate surface area is 135 Å². The van der Waals surface area contributed by atoms with Crippen molar-refractivity contribution < 1.29 is 9.53 Å². The summed E-state index contributed by atoms with van der Waals surface area (Å²) in [5.74, 6) is 0.459. The van der Waals surface area contributed by atoms with E-state index in [1.165, 1.54) is 7.11 Å². The monoisotopic (exact) mass is 372 g/mol. The van der Waals surface area contributed by atoms with Gasteiger partial charge in [0.15, 0.2) is 5.78 Å². The van der Waals surface area contributed by atoms with Gasteiger partial charge in [-0.1, -0.05) is 39.1 Å². The maximum absolute atomic E-state index is 12.4. The maximum Gasteiger partial charge on any atom is 0.171 e. The first-order chi connectivity index (χ1) is 9.51. The molecule has 0 atom stereocenters. The summed E-state index contributed by atoms with van der Waals surface area (Å²) in [4.78, 5) is 12.4. The number of carbonyl (C=O) groups excluding carboxylic acids is 1. The van der Waals surface area contributed by atoms with Gasteiger partial charge in [0, 0.05) is 20.9 Å². The van der Waals surface area contributed by atoms with Crippen molar-refractivity contribution in [2.75, 3.05) is 7.11 Å². The number of methoxy groups -OCH3 is 1. The van der Waals surface area contributed by atoms with E-state index in [9.17, 15) is 4.79 Å². The molecule has 2 aromatic carbocycles. The minimum absolute atomic E-state index is 0.0708. The summed E-state index contributed by atoms with van der Waals surface area (Å²) in [5, 5.41) is 1.08. The lowest BCUT2D eigenvalue weighted by atomic mass is 10.0. The number of halogens is 3. The van der Waals surface area contributed by atoms with Crippen molar-refractivity contribution in [3.8, 4) is 5.75 Å². The van der Waals surface area contributed by atoms with Crippen LogP contribution in [-0.4, -0.2) is 12.9 Å². The van der Waals surface area contributed by atoms with Crippen molar-refractivity contribution in [1.82, 2.24) is 0 Å². The van der Waals surface area contributed by atoms with E-state index in [1.54, 1.807) is 36.4 Å². The van der Waals surface area contributed by atoms with Crippen LogP contribution in [0.3, 0.4) is 0 Å². The molecule has 2 aromatic rings. The molecule has 0 unspecified atom stereocenters. The lowest BCUT2D eigenvalue weighted by Crippen LogP contribution is -2.06. The molecular weight excluding hydrogens is 363 g/mol. The summed E-state index contributed by atoms with van der Waals surface area (Å²) >= 11 is 15.3. The van der Waals surface area contributed by atoms with Crippen molar-refractivity contribution in [2.45, 2.75) is 6.42 Å². The molecule has 2 nitrogen and oxygen atoms in total. The van der Waals surface area contributed by atoms with Crippen LogP contribution in [0.15, 0.2) is 40.9 Å². The molecular formula is C15H11BrCl2O2. The van der Waals surface area contributed by atoms with Gasteiger partial charge in [0.1, 0.15) is 5.75 Å². The van der Waals surface area contributed by atoms with Gasteiger partial charge in [-0.05, 0) is 42.0 Å². The summed E-state index contributed by atoms with van der Waals surface area (Å²) in [7, 11) is 1.53. The Morgan fingerprint density at radius 3 is 2.65 bits per heavy atom. The van der Waals surface area contributed by atoms with E-state index in [0.29, 0.717) is 26.9 Å². The lowest BCUT2D eigenvalue weighted by molar-refractivity contribution is 0.0990. The zero-order valence-electron chi connectivity index (χ0n) is 10.6. The van der Waals surface area contributed by atoms with Crippen LogP contribution in [-0.2, 0) is 6.42 Å². The topological polar surface area (TPSA) is 26.3 Å². The molecule has 0 spiro atoms. The minimum atomic E-state index is -0.0708. The molecule has 0 aliphatic heterocycles. The second kappa shape index (κ2) is 6.61. The Bertz CT molecular complexity index is 656. The van der Waals surface area contributed by atoms with Crippen LogP contribution in [0.5, 0.6) is 5.75 Å². The fraction of sp³-hybridized carbons (Fsp3) is 0.133. The third-order valence-electron chi connectivity index (χ3n) is 2.82. The highest BCUT2D eigenvalue weighted by atomic mass is 79.9. The number of ketones is 1. The molecule has 2 rings (SSSR count). The minimum Gasteiger partial charge on any atom is -0.496 e. The Kier molecular flexibility index (Phi) is 5.08. The van der Waals surface area contributed by atoms with Gasteiger partial charge >= 0.3 is 0 Å². The second-order valence-electron chi connectivity index (χ2n) is 4.18. The third-order valence-corrected chi connectivity index (χ3v) is 3.92. The average molecular weight is 374 g/mol. The van der Waals surface area contributed by atoms with Crippen LogP contribution in [0.2, 0.25) is 10.0 Å². The highest BCUT2D eigenvalue weighted by Crippen LogP contribution is 2.27. The van der Waals surface area contributed by atoms with Crippen LogP contribution in [0.4, 0.5) is 0 Å². The van der Waals surface area contributed by atoms with Crippen molar-refractivity contribution in [3.05, 3.63) is 62.0 Å². The van der Waals surface area contributed by atoms with Gasteiger partial charge in [-0.15, -0.1) is 0 Å². The first-order valence-electron chi connectivity index (χ1n) is 5.82. The molecule has 0 amide bonds. The summed E-state index contributed by atoms with van der Waals surface area (Å²) < 4.78 is 6.08. The van der Waals surface area contributed by atoms with E-state index in [4.69, 9.17) is 27.9 Å². The number of hydrogen-bond acceptors (Lipinski definition) is 2. The third kappa shape index (κ3) is 3.54. The number of ether oxygens (including phenoxy) is 1. The first-order valence-corrected chi connectivity index (χ1v) is 7.37. The molecule has 5 heteroatoms. The van der Waals surface area contributed by atoms with Gasteiger partial charge in [-0.2, -0.15) is 0 Å². The molecule has 0 saturated heterocycles. The van der Waals surface area contributed by atoms with Gasteiger partial charge in [0.2, 0.25) is 0 Å². The second-order valence-corrected chi connectivity index (χ2v) is 5.94. The smallest absolute Gasteiger partial charge is 0.171 e. The van der Waals surface area contributed by atoms with Crippen LogP contribution < -0.4 is 4.74 Å². The summed E-state index contributed by atoms with van der Waals surface area (Å²) in [6.07, 6.45) is 0.178. The Morgan fingerprint density at radius 2 is 1.95 bits per heavy atom. The largest absolute Gasteiger partial charge is 0.496 e. The molecule has 0 saturated carbocycles. The predicted molar refractivity (Wildman–Crippen MR) is 85.2 cm³/mol. The predicted octanol–water partition coefficient (Wildman–Crippen LogP) is 5.19. The van der Waals surface area contributed by atoms with Crippen LogP contribution in [0.1, 0.15) is 15.9 Å². The fourth-order valence-corrected chi connectivity index (χ4v) is 2.56. The maximum atomic E-state index is 12.4. The van der Waals surface area contributed by atoms with E-state index in [2.05, 4.69) is 15.9 Å². The van der Waals surface area contributed by atoms with E-state index < -0.39 is 0 Å². The number of hydrogen-bond donors (Lipinski definition) is 0. The van der Waals surface area contributed by atoms with Gasteiger partial charge in [0.25, 0.3) is 0 Å².